The summed E-state index contributed by atoms with van der Waals surface area (Å²) >= 11 is 0. The van der Waals surface area contributed by atoms with Crippen LogP contribution in [0.25, 0.3) is 0 Å². The van der Waals surface area contributed by atoms with Gasteiger partial charge in [0, 0.05) is 36.7 Å². The molecule has 2 N–H and O–H groups in total. The molecule has 2 heterocycles. The number of anilines is 3. The fourth-order valence-corrected chi connectivity index (χ4v) is 4.69. The Balaban J connectivity index is 1.17. The van der Waals surface area contributed by atoms with Crippen molar-refractivity contribution >= 4 is 29.0 Å². The lowest BCUT2D eigenvalue weighted by Crippen LogP contribution is -2.37. The zero-order valence-electron chi connectivity index (χ0n) is 21.0. The third-order valence-electron chi connectivity index (χ3n) is 6.59. The second-order valence-electron chi connectivity index (χ2n) is 9.33. The molecule has 0 radical (unpaired) electrons. The number of rotatable bonds is 8. The summed E-state index contributed by atoms with van der Waals surface area (Å²) in [6, 6.07) is 20.3. The topological polar surface area (TPSA) is 83.1 Å². The minimum atomic E-state index is -0.321. The average molecular weight is 501 g/mol. The van der Waals surface area contributed by atoms with E-state index in [0.29, 0.717) is 30.2 Å². The number of fused-ring (bicyclic) bond motifs is 1. The van der Waals surface area contributed by atoms with Gasteiger partial charge in [-0.1, -0.05) is 24.3 Å². The van der Waals surface area contributed by atoms with Gasteiger partial charge < -0.3 is 25.0 Å². The van der Waals surface area contributed by atoms with Gasteiger partial charge in [-0.25, -0.2) is 4.79 Å². The molecule has 0 atom stereocenters. The summed E-state index contributed by atoms with van der Waals surface area (Å²) in [5.74, 6) is 0.565. The maximum atomic E-state index is 13.3. The van der Waals surface area contributed by atoms with E-state index in [9.17, 15) is 9.59 Å². The van der Waals surface area contributed by atoms with Crippen LogP contribution < -0.4 is 20.3 Å². The molecule has 0 spiro atoms. The summed E-state index contributed by atoms with van der Waals surface area (Å²) in [5.41, 5.74) is 4.80. The summed E-state index contributed by atoms with van der Waals surface area (Å²) < 4.78 is 11.5. The molecule has 2 aliphatic rings. The predicted octanol–water partition coefficient (Wildman–Crippen LogP) is 4.90. The van der Waals surface area contributed by atoms with Crippen molar-refractivity contribution in [2.45, 2.75) is 19.9 Å². The van der Waals surface area contributed by atoms with Crippen LogP contribution in [0.4, 0.5) is 21.9 Å². The number of nitrogens with one attached hydrogen (secondary N) is 2. The molecule has 37 heavy (non-hydrogen) atoms. The largest absolute Gasteiger partial charge is 0.493 e. The summed E-state index contributed by atoms with van der Waals surface area (Å²) in [5, 5.41) is 5.66. The maximum Gasteiger partial charge on any atom is 0.323 e. The number of carbonyl (C=O) groups is 2. The van der Waals surface area contributed by atoms with Crippen LogP contribution in [0.3, 0.4) is 0 Å². The fourth-order valence-electron chi connectivity index (χ4n) is 4.69. The number of morpholine rings is 1. The van der Waals surface area contributed by atoms with Gasteiger partial charge in [0.2, 0.25) is 0 Å². The number of hydrogen-bond donors (Lipinski definition) is 2. The molecular weight excluding hydrogens is 468 g/mol. The molecule has 0 bridgehead atoms. The first-order chi connectivity index (χ1) is 18.1. The van der Waals surface area contributed by atoms with Gasteiger partial charge in [-0.2, -0.15) is 0 Å². The average Bonchev–Trinajstić information content (AvgIpc) is 3.24. The highest BCUT2D eigenvalue weighted by atomic mass is 16.5. The first kappa shape index (κ1) is 24.8. The highest BCUT2D eigenvalue weighted by Gasteiger charge is 2.31. The summed E-state index contributed by atoms with van der Waals surface area (Å²) in [6.07, 6.45) is 0.896. The highest BCUT2D eigenvalue weighted by Crippen LogP contribution is 2.34. The van der Waals surface area contributed by atoms with Gasteiger partial charge in [0.25, 0.3) is 5.91 Å². The number of nitrogens with zero attached hydrogens (tertiary/aromatic N) is 2. The van der Waals surface area contributed by atoms with Crippen LogP contribution in [0.2, 0.25) is 0 Å². The Morgan fingerprint density at radius 3 is 2.51 bits per heavy atom. The van der Waals surface area contributed by atoms with Gasteiger partial charge in [0.15, 0.2) is 0 Å². The van der Waals surface area contributed by atoms with Crippen molar-refractivity contribution in [1.29, 1.82) is 0 Å². The van der Waals surface area contributed by atoms with E-state index in [1.165, 1.54) is 0 Å². The Morgan fingerprint density at radius 2 is 1.73 bits per heavy atom. The molecule has 0 aromatic heterocycles. The SMILES string of the molecule is Cc1cccc(NC(=O)Nc2ccc(N3Cc4cccc(OCCCN5CCOCC5)c4C3=O)cc2)c1. The first-order valence-electron chi connectivity index (χ1n) is 12.7. The van der Waals surface area contributed by atoms with Gasteiger partial charge in [-0.05, 0) is 66.9 Å². The Labute approximate surface area is 217 Å². The van der Waals surface area contributed by atoms with Gasteiger partial charge in [-0.15, -0.1) is 0 Å². The predicted molar refractivity (Wildman–Crippen MR) is 145 cm³/mol. The van der Waals surface area contributed by atoms with Crippen LogP contribution in [0.1, 0.15) is 27.9 Å². The highest BCUT2D eigenvalue weighted by molar-refractivity contribution is 6.12. The Morgan fingerprint density at radius 1 is 0.973 bits per heavy atom. The third kappa shape index (κ3) is 6.10. The number of amides is 3. The number of urea groups is 1. The molecule has 1 fully saturated rings. The van der Waals surface area contributed by atoms with E-state index in [1.54, 1.807) is 17.0 Å². The van der Waals surface area contributed by atoms with E-state index in [2.05, 4.69) is 15.5 Å². The molecule has 192 valence electrons. The summed E-state index contributed by atoms with van der Waals surface area (Å²) in [6.45, 7) is 7.47. The molecular formula is C29H32N4O4. The van der Waals surface area contributed by atoms with Crippen LogP contribution in [-0.4, -0.2) is 56.3 Å². The second kappa shape index (κ2) is 11.5. The first-order valence-corrected chi connectivity index (χ1v) is 12.7. The lowest BCUT2D eigenvalue weighted by molar-refractivity contribution is 0.0357. The molecule has 8 heteroatoms. The normalized spacial score (nSPS) is 15.4. The van der Waals surface area contributed by atoms with E-state index in [4.69, 9.17) is 9.47 Å². The zero-order valence-corrected chi connectivity index (χ0v) is 21.0. The summed E-state index contributed by atoms with van der Waals surface area (Å²) in [7, 11) is 0. The molecule has 2 aliphatic heterocycles. The van der Waals surface area contributed by atoms with Crippen LogP contribution >= 0.6 is 0 Å². The van der Waals surface area contributed by atoms with E-state index in [1.807, 2.05) is 61.5 Å². The molecule has 3 aromatic rings. The minimum Gasteiger partial charge on any atom is -0.493 e. The molecule has 8 nitrogen and oxygen atoms in total. The molecule has 0 saturated carbocycles. The Kier molecular flexibility index (Phi) is 7.67. The number of carbonyl (C=O) groups excluding carboxylic acids is 2. The molecule has 1 saturated heterocycles. The lowest BCUT2D eigenvalue weighted by Gasteiger charge is -2.26. The van der Waals surface area contributed by atoms with Crippen molar-refractivity contribution in [1.82, 2.24) is 4.90 Å². The zero-order chi connectivity index (χ0) is 25.6. The number of hydrogen-bond acceptors (Lipinski definition) is 5. The van der Waals surface area contributed by atoms with Gasteiger partial charge in [0.1, 0.15) is 5.75 Å². The number of aryl methyl sites for hydroxylation is 1. The van der Waals surface area contributed by atoms with Crippen LogP contribution in [0, 0.1) is 6.92 Å². The molecule has 3 amide bonds. The monoisotopic (exact) mass is 500 g/mol. The molecule has 3 aromatic carbocycles. The number of ether oxygens (including phenoxy) is 2. The minimum absolute atomic E-state index is 0.0725. The van der Waals surface area contributed by atoms with Crippen molar-refractivity contribution in [3.05, 3.63) is 83.4 Å². The van der Waals surface area contributed by atoms with E-state index in [-0.39, 0.29) is 11.9 Å². The Hall–Kier alpha value is -3.88. The van der Waals surface area contributed by atoms with Crippen molar-refractivity contribution in [3.63, 3.8) is 0 Å². The van der Waals surface area contributed by atoms with Gasteiger partial charge in [-0.3, -0.25) is 9.69 Å². The smallest absolute Gasteiger partial charge is 0.323 e. The van der Waals surface area contributed by atoms with Crippen molar-refractivity contribution < 1.29 is 19.1 Å². The van der Waals surface area contributed by atoms with Gasteiger partial charge in [0.05, 0.1) is 31.9 Å². The van der Waals surface area contributed by atoms with Crippen LogP contribution in [-0.2, 0) is 11.3 Å². The van der Waals surface area contributed by atoms with Gasteiger partial charge >= 0.3 is 6.03 Å². The van der Waals surface area contributed by atoms with Crippen molar-refractivity contribution in [3.8, 4) is 5.75 Å². The van der Waals surface area contributed by atoms with Crippen molar-refractivity contribution in [2.24, 2.45) is 0 Å². The quantitative estimate of drug-likeness (QED) is 0.430. The molecule has 0 aliphatic carbocycles. The van der Waals surface area contributed by atoms with E-state index >= 15 is 0 Å². The molecule has 0 unspecified atom stereocenters. The standard InChI is InChI=1S/C29H32N4O4/c1-21-5-2-7-24(19-21)31-29(35)30-23-9-11-25(12-10-23)33-20-22-6-3-8-26(27(22)28(33)34)37-16-4-13-32-14-17-36-18-15-32/h2-3,5-12,19H,4,13-18,20H2,1H3,(H2,30,31,35). The van der Waals surface area contributed by atoms with E-state index < -0.39 is 0 Å². The fraction of sp³-hybridized carbons (Fsp3) is 0.310. The van der Waals surface area contributed by atoms with Crippen LogP contribution in [0.15, 0.2) is 66.7 Å². The lowest BCUT2D eigenvalue weighted by atomic mass is 10.1. The second-order valence-corrected chi connectivity index (χ2v) is 9.33. The Bertz CT molecular complexity index is 1260. The summed E-state index contributed by atoms with van der Waals surface area (Å²) in [4.78, 5) is 29.8. The third-order valence-corrected chi connectivity index (χ3v) is 6.59. The van der Waals surface area contributed by atoms with Crippen molar-refractivity contribution in [2.75, 3.05) is 55.0 Å². The molecule has 5 rings (SSSR count). The maximum absolute atomic E-state index is 13.3. The number of benzene rings is 3. The van der Waals surface area contributed by atoms with E-state index in [0.717, 1.165) is 61.8 Å². The van der Waals surface area contributed by atoms with Crippen LogP contribution in [0.5, 0.6) is 5.75 Å².